The summed E-state index contributed by atoms with van der Waals surface area (Å²) < 4.78 is 38.0. The van der Waals surface area contributed by atoms with Crippen molar-refractivity contribution in [3.63, 3.8) is 0 Å². The summed E-state index contributed by atoms with van der Waals surface area (Å²) in [6.07, 6.45) is 5.76. The van der Waals surface area contributed by atoms with Gasteiger partial charge in [0.25, 0.3) is 0 Å². The Morgan fingerprint density at radius 1 is 1.30 bits per heavy atom. The Hall–Kier alpha value is -3.54. The fourth-order valence-electron chi connectivity index (χ4n) is 2.48. The topological polar surface area (TPSA) is 118 Å². The number of aromatic nitrogens is 3. The number of benzene rings is 1. The normalized spacial score (nSPS) is 10.6. The average Bonchev–Trinajstić information content (AvgIpc) is 3.36. The number of hydrogen-bond donors (Lipinski definition) is 3. The van der Waals surface area contributed by atoms with Crippen molar-refractivity contribution in [2.75, 3.05) is 11.9 Å². The van der Waals surface area contributed by atoms with Gasteiger partial charge in [0.15, 0.2) is 17.2 Å². The molecule has 2 aromatic heterocycles. The van der Waals surface area contributed by atoms with Gasteiger partial charge in [0.1, 0.15) is 11.6 Å². The van der Waals surface area contributed by atoms with Gasteiger partial charge in [-0.15, -0.1) is 0 Å². The summed E-state index contributed by atoms with van der Waals surface area (Å²) in [6, 6.07) is 2.97. The molecule has 158 valence electrons. The minimum atomic E-state index is -1.38. The number of anilines is 1. The van der Waals surface area contributed by atoms with Crippen molar-refractivity contribution in [2.45, 2.75) is 19.6 Å². The first-order valence-corrected chi connectivity index (χ1v) is 9.52. The van der Waals surface area contributed by atoms with E-state index >= 15 is 0 Å². The van der Waals surface area contributed by atoms with E-state index in [-0.39, 0.29) is 22.0 Å². The number of carboxylic acids is 1. The first kappa shape index (κ1) is 21.2. The summed E-state index contributed by atoms with van der Waals surface area (Å²) in [5.74, 6) is -3.81. The second kappa shape index (κ2) is 9.78. The lowest BCUT2D eigenvalue weighted by molar-refractivity contribution is 0.0693. The van der Waals surface area contributed by atoms with E-state index in [0.717, 1.165) is 6.07 Å². The number of nitrogens with one attached hydrogen (secondary N) is 2. The van der Waals surface area contributed by atoms with E-state index in [1.807, 2.05) is 4.57 Å². The number of halogens is 2. The van der Waals surface area contributed by atoms with Crippen LogP contribution in [0.4, 0.5) is 18.6 Å². The third-order valence-corrected chi connectivity index (χ3v) is 4.68. The number of nitrogens with zero attached hydrogens (tertiary/aromatic N) is 3. The maximum atomic E-state index is 13.7. The molecule has 2 amide bonds. The van der Waals surface area contributed by atoms with Crippen molar-refractivity contribution in [2.24, 2.45) is 0 Å². The van der Waals surface area contributed by atoms with Gasteiger partial charge in [-0.3, -0.25) is 5.32 Å². The standard InChI is InChI=1S/C18H17F2N5O4S/c19-12-4-1-3-11(14(12)20)9-29-15-13(17(26)27)16(30-24-15)23-18(28)22-5-2-7-25-8-6-21-10-25/h1,3-4,6,8,10H,2,5,7,9H2,(H,26,27)(H2,22,23,28). The highest BCUT2D eigenvalue weighted by Crippen LogP contribution is 2.31. The summed E-state index contributed by atoms with van der Waals surface area (Å²) in [5.41, 5.74) is -0.463. The van der Waals surface area contributed by atoms with Crippen LogP contribution in [-0.2, 0) is 13.2 Å². The Labute approximate surface area is 173 Å². The predicted octanol–water partition coefficient (Wildman–Crippen LogP) is 3.11. The first-order valence-electron chi connectivity index (χ1n) is 8.75. The molecule has 0 bridgehead atoms. The molecule has 0 radical (unpaired) electrons. The van der Waals surface area contributed by atoms with E-state index < -0.39 is 30.2 Å². The number of carboxylic acid groups (broad SMARTS) is 1. The lowest BCUT2D eigenvalue weighted by Gasteiger charge is -2.08. The Balaban J connectivity index is 1.57. The molecule has 0 saturated heterocycles. The maximum absolute atomic E-state index is 13.7. The third kappa shape index (κ3) is 5.29. The monoisotopic (exact) mass is 437 g/mol. The van der Waals surface area contributed by atoms with Gasteiger partial charge >= 0.3 is 12.0 Å². The molecule has 1 aromatic carbocycles. The van der Waals surface area contributed by atoms with E-state index in [4.69, 9.17) is 4.74 Å². The Morgan fingerprint density at radius 3 is 2.87 bits per heavy atom. The zero-order chi connectivity index (χ0) is 21.5. The number of amides is 2. The fourth-order valence-corrected chi connectivity index (χ4v) is 3.21. The molecule has 0 aliphatic carbocycles. The van der Waals surface area contributed by atoms with Crippen LogP contribution < -0.4 is 15.4 Å². The highest BCUT2D eigenvalue weighted by atomic mass is 32.1. The van der Waals surface area contributed by atoms with Crippen molar-refractivity contribution < 1.29 is 28.2 Å². The van der Waals surface area contributed by atoms with Crippen molar-refractivity contribution in [3.8, 4) is 5.88 Å². The van der Waals surface area contributed by atoms with Crippen LogP contribution in [0.25, 0.3) is 0 Å². The van der Waals surface area contributed by atoms with Crippen molar-refractivity contribution in [3.05, 3.63) is 59.7 Å². The minimum absolute atomic E-state index is 0.0377. The molecular weight excluding hydrogens is 420 g/mol. The van der Waals surface area contributed by atoms with Gasteiger partial charge in [0.2, 0.25) is 5.88 Å². The van der Waals surface area contributed by atoms with Crippen LogP contribution in [0.2, 0.25) is 0 Å². The number of imidazole rings is 1. The summed E-state index contributed by atoms with van der Waals surface area (Å²) in [6.45, 7) is 0.594. The number of carbonyl (C=O) groups is 2. The largest absolute Gasteiger partial charge is 0.477 e. The van der Waals surface area contributed by atoms with Crippen LogP contribution in [0.15, 0.2) is 36.9 Å². The molecular formula is C18H17F2N5O4S. The molecule has 0 fully saturated rings. The molecule has 0 aliphatic heterocycles. The number of urea groups is 1. The lowest BCUT2D eigenvalue weighted by Crippen LogP contribution is -2.30. The van der Waals surface area contributed by atoms with Gasteiger partial charge in [-0.25, -0.2) is 23.4 Å². The molecule has 0 spiro atoms. The molecule has 3 N–H and O–H groups in total. The molecule has 3 rings (SSSR count). The quantitative estimate of drug-likeness (QED) is 0.443. The van der Waals surface area contributed by atoms with Crippen LogP contribution in [-0.4, -0.2) is 37.6 Å². The second-order valence-corrected chi connectivity index (χ2v) is 6.81. The van der Waals surface area contributed by atoms with E-state index in [0.29, 0.717) is 31.0 Å². The maximum Gasteiger partial charge on any atom is 0.344 e. The van der Waals surface area contributed by atoms with Gasteiger partial charge in [-0.05, 0) is 24.0 Å². The summed E-state index contributed by atoms with van der Waals surface area (Å²) in [4.78, 5) is 27.5. The van der Waals surface area contributed by atoms with E-state index in [1.54, 1.807) is 18.7 Å². The molecule has 0 aliphatic rings. The van der Waals surface area contributed by atoms with Crippen LogP contribution >= 0.6 is 11.5 Å². The Morgan fingerprint density at radius 2 is 2.13 bits per heavy atom. The molecule has 30 heavy (non-hydrogen) atoms. The number of rotatable bonds is 9. The van der Waals surface area contributed by atoms with Gasteiger partial charge < -0.3 is 19.7 Å². The van der Waals surface area contributed by atoms with E-state index in [9.17, 15) is 23.5 Å². The summed E-state index contributed by atoms with van der Waals surface area (Å²) in [7, 11) is 0. The van der Waals surface area contributed by atoms with Crippen molar-refractivity contribution in [1.82, 2.24) is 19.2 Å². The Bertz CT molecular complexity index is 1030. The zero-order valence-electron chi connectivity index (χ0n) is 15.5. The lowest BCUT2D eigenvalue weighted by atomic mass is 10.2. The third-order valence-electron chi connectivity index (χ3n) is 3.94. The number of carbonyl (C=O) groups excluding carboxylic acids is 1. The smallest absolute Gasteiger partial charge is 0.344 e. The minimum Gasteiger partial charge on any atom is -0.477 e. The predicted molar refractivity (Wildman–Crippen MR) is 104 cm³/mol. The van der Waals surface area contributed by atoms with Crippen molar-refractivity contribution >= 4 is 28.5 Å². The Kier molecular flexibility index (Phi) is 6.91. The number of ether oxygens (including phenoxy) is 1. The second-order valence-electron chi connectivity index (χ2n) is 6.03. The molecule has 0 saturated carbocycles. The van der Waals surface area contributed by atoms with Gasteiger partial charge in [0.05, 0.1) is 6.33 Å². The highest BCUT2D eigenvalue weighted by molar-refractivity contribution is 7.11. The first-order chi connectivity index (χ1) is 14.5. The fraction of sp³-hybridized carbons (Fsp3) is 0.222. The average molecular weight is 437 g/mol. The molecule has 2 heterocycles. The number of hydrogen-bond acceptors (Lipinski definition) is 6. The number of aromatic carboxylic acids is 1. The molecule has 0 atom stereocenters. The van der Waals surface area contributed by atoms with Crippen LogP contribution in [0.3, 0.4) is 0 Å². The molecule has 9 nitrogen and oxygen atoms in total. The van der Waals surface area contributed by atoms with Crippen LogP contribution in [0.1, 0.15) is 22.3 Å². The zero-order valence-corrected chi connectivity index (χ0v) is 16.3. The summed E-state index contributed by atoms with van der Waals surface area (Å²) in [5, 5.41) is 14.4. The highest BCUT2D eigenvalue weighted by Gasteiger charge is 2.24. The number of aryl methyl sites for hydroxylation is 1. The SMILES string of the molecule is O=C(NCCCn1ccnc1)Nc1snc(OCc2cccc(F)c2F)c1C(=O)O. The van der Waals surface area contributed by atoms with Crippen LogP contribution in [0, 0.1) is 11.6 Å². The molecule has 12 heteroatoms. The van der Waals surface area contributed by atoms with Gasteiger partial charge in [-0.2, -0.15) is 4.37 Å². The van der Waals surface area contributed by atoms with Gasteiger partial charge in [-0.1, -0.05) is 12.1 Å². The molecule has 3 aromatic rings. The summed E-state index contributed by atoms with van der Waals surface area (Å²) >= 11 is 0.705. The van der Waals surface area contributed by atoms with E-state index in [1.165, 1.54) is 12.1 Å². The van der Waals surface area contributed by atoms with Gasteiger partial charge in [0, 0.05) is 31.0 Å². The molecule has 0 unspecified atom stereocenters. The van der Waals surface area contributed by atoms with Crippen molar-refractivity contribution in [1.29, 1.82) is 0 Å². The van der Waals surface area contributed by atoms with Crippen LogP contribution in [0.5, 0.6) is 5.88 Å². The van der Waals surface area contributed by atoms with E-state index in [2.05, 4.69) is 20.0 Å².